The number of aromatic amines is 1. The van der Waals surface area contributed by atoms with Crippen molar-refractivity contribution in [1.82, 2.24) is 15.5 Å². The molecule has 4 heterocycles. The molecule has 1 amide bonds. The van der Waals surface area contributed by atoms with E-state index in [1.165, 1.54) is 11.3 Å². The van der Waals surface area contributed by atoms with Crippen LogP contribution in [0.1, 0.15) is 22.2 Å². The monoisotopic (exact) mass is 324 g/mol. The molecule has 2 aromatic rings. The van der Waals surface area contributed by atoms with E-state index in [4.69, 9.17) is 0 Å². The fourth-order valence-electron chi connectivity index (χ4n) is 3.21. The van der Waals surface area contributed by atoms with Crippen LogP contribution in [0.25, 0.3) is 10.4 Å². The summed E-state index contributed by atoms with van der Waals surface area (Å²) < 4.78 is 28.3. The summed E-state index contributed by atoms with van der Waals surface area (Å²) in [5.74, 6) is -2.98. The fourth-order valence-corrected chi connectivity index (χ4v) is 4.44. The number of hydrogen-bond acceptors (Lipinski definition) is 4. The summed E-state index contributed by atoms with van der Waals surface area (Å²) in [5, 5.41) is 9.44. The van der Waals surface area contributed by atoms with Gasteiger partial charge in [0.1, 0.15) is 4.88 Å². The number of nitrogens with one attached hydrogen (secondary N) is 2. The van der Waals surface area contributed by atoms with E-state index in [0.29, 0.717) is 27.5 Å². The Morgan fingerprint density at radius 2 is 2.27 bits per heavy atom. The molecule has 2 N–H and O–H groups in total. The number of hydrogen-bond donors (Lipinski definition) is 2. The number of halogens is 2. The molecular formula is C14H14F2N4OS. The first-order valence-electron chi connectivity index (χ1n) is 7.03. The third-order valence-corrected chi connectivity index (χ3v) is 5.26. The Kier molecular flexibility index (Phi) is 2.81. The number of anilines is 1. The molecule has 2 aromatic heterocycles. The van der Waals surface area contributed by atoms with Gasteiger partial charge in [0.05, 0.1) is 18.4 Å². The predicted octanol–water partition coefficient (Wildman–Crippen LogP) is 2.27. The summed E-state index contributed by atoms with van der Waals surface area (Å²) in [6.07, 6.45) is 2.93. The lowest BCUT2D eigenvalue weighted by molar-refractivity contribution is 0.00553. The van der Waals surface area contributed by atoms with Crippen LogP contribution in [0, 0.1) is 0 Å². The van der Waals surface area contributed by atoms with Crippen molar-refractivity contribution in [3.63, 3.8) is 0 Å². The normalized spacial score (nSPS) is 23.0. The Bertz CT molecular complexity index is 740. The summed E-state index contributed by atoms with van der Waals surface area (Å²) in [5.41, 5.74) is 1.97. The molecule has 0 fully saturated rings. The molecule has 0 aliphatic carbocycles. The van der Waals surface area contributed by atoms with Crippen LogP contribution in [-0.4, -0.2) is 41.2 Å². The highest BCUT2D eigenvalue weighted by atomic mass is 32.1. The summed E-state index contributed by atoms with van der Waals surface area (Å²) in [6.45, 7) is 1.88. The lowest BCUT2D eigenvalue weighted by atomic mass is 9.97. The Labute approximate surface area is 129 Å². The zero-order valence-electron chi connectivity index (χ0n) is 11.8. The lowest BCUT2D eigenvalue weighted by Gasteiger charge is -2.35. The van der Waals surface area contributed by atoms with Crippen molar-refractivity contribution in [2.75, 3.05) is 18.0 Å². The van der Waals surface area contributed by atoms with Crippen molar-refractivity contribution >= 4 is 22.9 Å². The second-order valence-electron chi connectivity index (χ2n) is 5.86. The minimum Gasteiger partial charge on any atom is -0.362 e. The van der Waals surface area contributed by atoms with E-state index in [1.807, 2.05) is 6.92 Å². The van der Waals surface area contributed by atoms with E-state index in [9.17, 15) is 13.6 Å². The minimum absolute atomic E-state index is 0.161. The van der Waals surface area contributed by atoms with Gasteiger partial charge in [0, 0.05) is 41.2 Å². The van der Waals surface area contributed by atoms with E-state index in [0.717, 1.165) is 5.56 Å². The number of amides is 1. The highest BCUT2D eigenvalue weighted by Gasteiger charge is 2.44. The smallest absolute Gasteiger partial charge is 0.269 e. The molecule has 0 aromatic carbocycles. The fraction of sp³-hybridized carbons (Fsp3) is 0.429. The van der Waals surface area contributed by atoms with Crippen LogP contribution in [-0.2, 0) is 6.42 Å². The molecule has 116 valence electrons. The highest BCUT2D eigenvalue weighted by Crippen LogP contribution is 2.48. The van der Waals surface area contributed by atoms with Crippen molar-refractivity contribution < 1.29 is 13.6 Å². The van der Waals surface area contributed by atoms with Crippen molar-refractivity contribution in [3.05, 3.63) is 22.8 Å². The Morgan fingerprint density at radius 1 is 1.45 bits per heavy atom. The number of carbonyl (C=O) groups is 1. The zero-order chi connectivity index (χ0) is 15.5. The first kappa shape index (κ1) is 13.7. The molecule has 0 bridgehead atoms. The molecule has 22 heavy (non-hydrogen) atoms. The average Bonchev–Trinajstić information content (AvgIpc) is 3.00. The summed E-state index contributed by atoms with van der Waals surface area (Å²) in [6, 6.07) is -0.161. The third-order valence-electron chi connectivity index (χ3n) is 3.99. The summed E-state index contributed by atoms with van der Waals surface area (Å²) in [4.78, 5) is 15.2. The van der Waals surface area contributed by atoms with Gasteiger partial charge in [-0.1, -0.05) is 0 Å². The van der Waals surface area contributed by atoms with Gasteiger partial charge in [-0.3, -0.25) is 9.89 Å². The number of aromatic nitrogens is 2. The zero-order valence-corrected chi connectivity index (χ0v) is 12.6. The molecule has 0 spiro atoms. The van der Waals surface area contributed by atoms with Crippen LogP contribution in [0.4, 0.5) is 14.5 Å². The van der Waals surface area contributed by atoms with Gasteiger partial charge in [-0.2, -0.15) is 5.10 Å². The Balaban J connectivity index is 1.94. The molecule has 8 heteroatoms. The summed E-state index contributed by atoms with van der Waals surface area (Å²) in [7, 11) is 0. The quantitative estimate of drug-likeness (QED) is 0.846. The van der Waals surface area contributed by atoms with Gasteiger partial charge >= 0.3 is 0 Å². The van der Waals surface area contributed by atoms with E-state index < -0.39 is 5.92 Å². The predicted molar refractivity (Wildman–Crippen MR) is 79.7 cm³/mol. The maximum Gasteiger partial charge on any atom is 0.269 e. The maximum atomic E-state index is 14.2. The van der Waals surface area contributed by atoms with Crippen molar-refractivity contribution in [2.45, 2.75) is 25.3 Å². The molecule has 5 nitrogen and oxygen atoms in total. The van der Waals surface area contributed by atoms with Gasteiger partial charge in [0.15, 0.2) is 0 Å². The minimum atomic E-state index is -2.79. The average molecular weight is 324 g/mol. The second kappa shape index (κ2) is 4.52. The Morgan fingerprint density at radius 3 is 3.00 bits per heavy atom. The van der Waals surface area contributed by atoms with Crippen molar-refractivity contribution in [1.29, 1.82) is 0 Å². The number of alkyl halides is 2. The molecule has 0 radical (unpaired) electrons. The van der Waals surface area contributed by atoms with Gasteiger partial charge < -0.3 is 10.2 Å². The van der Waals surface area contributed by atoms with E-state index in [-0.39, 0.29) is 24.9 Å². The van der Waals surface area contributed by atoms with E-state index in [1.54, 1.807) is 17.3 Å². The molecular weight excluding hydrogens is 310 g/mol. The van der Waals surface area contributed by atoms with Gasteiger partial charge in [-0.15, -0.1) is 11.3 Å². The third kappa shape index (κ3) is 2.01. The van der Waals surface area contributed by atoms with Crippen LogP contribution >= 0.6 is 11.3 Å². The van der Waals surface area contributed by atoms with E-state index in [2.05, 4.69) is 15.5 Å². The molecule has 0 unspecified atom stereocenters. The van der Waals surface area contributed by atoms with Crippen LogP contribution in [0.3, 0.4) is 0 Å². The number of nitrogens with zero attached hydrogens (tertiary/aromatic N) is 2. The number of H-pyrrole nitrogens is 1. The van der Waals surface area contributed by atoms with Crippen molar-refractivity contribution in [2.24, 2.45) is 0 Å². The molecule has 1 atom stereocenters. The van der Waals surface area contributed by atoms with Gasteiger partial charge in [-0.25, -0.2) is 8.78 Å². The lowest BCUT2D eigenvalue weighted by Crippen LogP contribution is -2.46. The van der Waals surface area contributed by atoms with Gasteiger partial charge in [0.2, 0.25) is 0 Å². The molecule has 0 saturated carbocycles. The molecule has 4 rings (SSSR count). The first-order valence-corrected chi connectivity index (χ1v) is 7.85. The van der Waals surface area contributed by atoms with Crippen molar-refractivity contribution in [3.8, 4) is 10.4 Å². The highest BCUT2D eigenvalue weighted by molar-refractivity contribution is 7.18. The number of thiophene rings is 1. The largest absolute Gasteiger partial charge is 0.362 e. The molecule has 2 aliphatic heterocycles. The Hall–Kier alpha value is -1.96. The number of rotatable bonds is 1. The first-order chi connectivity index (χ1) is 10.4. The summed E-state index contributed by atoms with van der Waals surface area (Å²) >= 11 is 1.27. The van der Waals surface area contributed by atoms with Gasteiger partial charge in [-0.05, 0) is 6.92 Å². The maximum absolute atomic E-state index is 14.2. The van der Waals surface area contributed by atoms with Crippen LogP contribution in [0.2, 0.25) is 0 Å². The van der Waals surface area contributed by atoms with Crippen LogP contribution in [0.5, 0.6) is 0 Å². The topological polar surface area (TPSA) is 61.0 Å². The second-order valence-corrected chi connectivity index (χ2v) is 6.88. The van der Waals surface area contributed by atoms with Gasteiger partial charge in [0.25, 0.3) is 11.8 Å². The number of carbonyl (C=O) groups excluding carboxylic acids is 1. The SMILES string of the molecule is C[C@H]1CN2CC(F)(F)Cc3c(-c4cn[nH]c4)sc(c32)C(=O)N1. The van der Waals surface area contributed by atoms with E-state index >= 15 is 0 Å². The standard InChI is InChI=1S/C14H14F2N4OS/c1-7-5-20-6-14(15,16)2-9-10(20)12(13(21)19-7)22-11(9)8-3-17-18-4-8/h3-4,7H,2,5-6H2,1H3,(H,17,18)(H,19,21)/t7-/m0/s1. The molecule has 0 saturated heterocycles. The van der Waals surface area contributed by atoms with Crippen LogP contribution < -0.4 is 10.2 Å². The van der Waals surface area contributed by atoms with Crippen LogP contribution in [0.15, 0.2) is 12.4 Å². The molecule has 2 aliphatic rings.